The molecule has 0 aliphatic rings. The molecule has 0 aliphatic heterocycles. The maximum Gasteiger partial charge on any atom is 0.124 e. The van der Waals surface area contributed by atoms with Gasteiger partial charge in [-0.25, -0.2) is 0 Å². The summed E-state index contributed by atoms with van der Waals surface area (Å²) in [5, 5.41) is 7.78. The highest BCUT2D eigenvalue weighted by molar-refractivity contribution is 5.68. The Hall–Kier alpha value is -2.36. The quantitative estimate of drug-likeness (QED) is 0.655. The maximum absolute atomic E-state index is 4.82. The van der Waals surface area contributed by atoms with Crippen molar-refractivity contribution in [3.05, 3.63) is 48.9 Å². The Morgan fingerprint density at radius 1 is 0.750 bits per heavy atom. The molecule has 0 saturated carbocycles. The van der Waals surface area contributed by atoms with Gasteiger partial charge in [-0.05, 0) is 6.07 Å². The van der Waals surface area contributed by atoms with Crippen molar-refractivity contribution < 1.29 is 9.05 Å². The third-order valence-corrected chi connectivity index (χ3v) is 2.33. The Morgan fingerprint density at radius 3 is 1.75 bits per heavy atom. The van der Waals surface area contributed by atoms with E-state index in [1.165, 1.54) is 0 Å². The Bertz CT molecular complexity index is 521. The van der Waals surface area contributed by atoms with Crippen molar-refractivity contribution in [3.63, 3.8) is 0 Å². The molecule has 0 N–H and O–H groups in total. The van der Waals surface area contributed by atoms with Gasteiger partial charge in [0.05, 0.1) is 0 Å². The third kappa shape index (κ3) is 1.50. The summed E-state index contributed by atoms with van der Waals surface area (Å²) in [6.07, 6.45) is 3.11. The van der Waals surface area contributed by atoms with Gasteiger partial charge in [0.15, 0.2) is 0 Å². The molecule has 0 saturated heterocycles. The van der Waals surface area contributed by atoms with Crippen molar-refractivity contribution in [1.29, 1.82) is 0 Å². The van der Waals surface area contributed by atoms with Gasteiger partial charge in [0, 0.05) is 23.3 Å². The topological polar surface area (TPSA) is 52.1 Å². The summed E-state index contributed by atoms with van der Waals surface area (Å²) >= 11 is 0. The zero-order valence-corrected chi connectivity index (χ0v) is 8.33. The van der Waals surface area contributed by atoms with E-state index >= 15 is 0 Å². The first kappa shape index (κ1) is 8.91. The smallest absolute Gasteiger partial charge is 0.124 e. The predicted molar refractivity (Wildman–Crippen MR) is 57.4 cm³/mol. The van der Waals surface area contributed by atoms with Crippen molar-refractivity contribution in [2.24, 2.45) is 0 Å². The molecule has 0 aliphatic carbocycles. The second-order valence-electron chi connectivity index (χ2n) is 3.35. The van der Waals surface area contributed by atoms with Gasteiger partial charge in [-0.2, -0.15) is 0 Å². The number of hydrogen-bond acceptors (Lipinski definition) is 4. The van der Waals surface area contributed by atoms with Crippen molar-refractivity contribution in [2.75, 3.05) is 0 Å². The molecule has 16 heavy (non-hydrogen) atoms. The fraction of sp³-hybridized carbons (Fsp3) is 0. The van der Waals surface area contributed by atoms with Crippen LogP contribution in [-0.2, 0) is 0 Å². The lowest BCUT2D eigenvalue weighted by molar-refractivity contribution is 0.422. The van der Waals surface area contributed by atoms with Crippen LogP contribution in [0.5, 0.6) is 0 Å². The fourth-order valence-electron chi connectivity index (χ4n) is 1.56. The van der Waals surface area contributed by atoms with E-state index in [9.17, 15) is 0 Å². The number of nitrogens with zero attached hydrogens (tertiary/aromatic N) is 2. The number of benzene rings is 1. The van der Waals surface area contributed by atoms with E-state index in [1.807, 2.05) is 36.4 Å². The number of rotatable bonds is 2. The van der Waals surface area contributed by atoms with Crippen molar-refractivity contribution in [2.45, 2.75) is 0 Å². The van der Waals surface area contributed by atoms with Gasteiger partial charge in [0.25, 0.3) is 0 Å². The molecular weight excluding hydrogens is 204 g/mol. The minimum Gasteiger partial charge on any atom is -0.364 e. The Labute approximate surface area is 91.5 Å². The molecule has 0 fully saturated rings. The molecule has 78 valence electrons. The molecule has 0 radical (unpaired) electrons. The standard InChI is InChI=1S/C12H8N2O2/c1-2-9(11-4-6-15-13-11)8-10(3-1)12-5-7-16-14-12/h1-8H. The maximum atomic E-state index is 4.82. The molecule has 0 amide bonds. The van der Waals surface area contributed by atoms with Crippen LogP contribution in [0, 0.1) is 0 Å². The summed E-state index contributed by atoms with van der Waals surface area (Å²) in [6.45, 7) is 0. The van der Waals surface area contributed by atoms with E-state index in [0.29, 0.717) is 0 Å². The lowest BCUT2D eigenvalue weighted by atomic mass is 10.1. The molecule has 2 aromatic heterocycles. The van der Waals surface area contributed by atoms with Crippen LogP contribution in [0.4, 0.5) is 0 Å². The highest BCUT2D eigenvalue weighted by Gasteiger charge is 2.05. The van der Waals surface area contributed by atoms with Crippen LogP contribution in [0.2, 0.25) is 0 Å². The van der Waals surface area contributed by atoms with Crippen LogP contribution >= 0.6 is 0 Å². The Kier molecular flexibility index (Phi) is 2.04. The second-order valence-corrected chi connectivity index (χ2v) is 3.35. The molecule has 3 aromatic rings. The van der Waals surface area contributed by atoms with Gasteiger partial charge < -0.3 is 9.05 Å². The van der Waals surface area contributed by atoms with Crippen molar-refractivity contribution in [3.8, 4) is 22.5 Å². The summed E-state index contributed by atoms with van der Waals surface area (Å²) in [5.41, 5.74) is 3.61. The minimum atomic E-state index is 0.811. The lowest BCUT2D eigenvalue weighted by Crippen LogP contribution is -1.80. The van der Waals surface area contributed by atoms with Crippen LogP contribution in [-0.4, -0.2) is 10.3 Å². The van der Waals surface area contributed by atoms with Crippen LogP contribution < -0.4 is 0 Å². The zero-order valence-electron chi connectivity index (χ0n) is 8.33. The van der Waals surface area contributed by atoms with Gasteiger partial charge in [0.2, 0.25) is 0 Å². The largest absolute Gasteiger partial charge is 0.364 e. The fourth-order valence-corrected chi connectivity index (χ4v) is 1.56. The molecule has 1 aromatic carbocycles. The number of aromatic nitrogens is 2. The van der Waals surface area contributed by atoms with Crippen LogP contribution in [0.3, 0.4) is 0 Å². The van der Waals surface area contributed by atoms with Gasteiger partial charge in [-0.3, -0.25) is 0 Å². The molecule has 0 atom stereocenters. The average Bonchev–Trinajstić information content (AvgIpc) is 3.03. The molecule has 4 nitrogen and oxygen atoms in total. The molecule has 2 heterocycles. The van der Waals surface area contributed by atoms with E-state index in [2.05, 4.69) is 10.3 Å². The highest BCUT2D eigenvalue weighted by atomic mass is 16.5. The van der Waals surface area contributed by atoms with E-state index < -0.39 is 0 Å². The zero-order chi connectivity index (χ0) is 10.8. The molecule has 0 spiro atoms. The first-order valence-corrected chi connectivity index (χ1v) is 4.85. The Balaban J connectivity index is 2.07. The second kappa shape index (κ2) is 3.66. The first-order chi connectivity index (χ1) is 7.93. The van der Waals surface area contributed by atoms with Crippen molar-refractivity contribution >= 4 is 0 Å². The van der Waals surface area contributed by atoms with Crippen LogP contribution in [0.25, 0.3) is 22.5 Å². The van der Waals surface area contributed by atoms with Gasteiger partial charge >= 0.3 is 0 Å². The summed E-state index contributed by atoms with van der Waals surface area (Å²) < 4.78 is 9.63. The molecule has 3 rings (SSSR count). The summed E-state index contributed by atoms with van der Waals surface area (Å²) in [4.78, 5) is 0. The van der Waals surface area contributed by atoms with Crippen molar-refractivity contribution in [1.82, 2.24) is 10.3 Å². The summed E-state index contributed by atoms with van der Waals surface area (Å²) in [6, 6.07) is 11.5. The third-order valence-electron chi connectivity index (χ3n) is 2.33. The average molecular weight is 212 g/mol. The molecular formula is C12H8N2O2. The predicted octanol–water partition coefficient (Wildman–Crippen LogP) is 3.00. The normalized spacial score (nSPS) is 10.5. The first-order valence-electron chi connectivity index (χ1n) is 4.85. The van der Waals surface area contributed by atoms with Crippen LogP contribution in [0.1, 0.15) is 0 Å². The monoisotopic (exact) mass is 212 g/mol. The molecule has 4 heteroatoms. The van der Waals surface area contributed by atoms with E-state index in [4.69, 9.17) is 9.05 Å². The van der Waals surface area contributed by atoms with E-state index in [0.717, 1.165) is 22.5 Å². The molecule has 0 unspecified atom stereocenters. The van der Waals surface area contributed by atoms with E-state index in [1.54, 1.807) is 12.5 Å². The lowest BCUT2D eigenvalue weighted by Gasteiger charge is -1.98. The van der Waals surface area contributed by atoms with Gasteiger partial charge in [-0.1, -0.05) is 28.5 Å². The van der Waals surface area contributed by atoms with Crippen LogP contribution in [0.15, 0.2) is 58.0 Å². The molecule has 0 bridgehead atoms. The number of hydrogen-bond donors (Lipinski definition) is 0. The Morgan fingerprint density at radius 2 is 1.31 bits per heavy atom. The minimum absolute atomic E-state index is 0.811. The summed E-state index contributed by atoms with van der Waals surface area (Å²) in [7, 11) is 0. The van der Waals surface area contributed by atoms with Gasteiger partial charge in [0.1, 0.15) is 23.9 Å². The SMILES string of the molecule is c1cc(-c2ccon2)cc(-c2ccon2)c1. The van der Waals surface area contributed by atoms with Gasteiger partial charge in [-0.15, -0.1) is 0 Å². The highest BCUT2D eigenvalue weighted by Crippen LogP contribution is 2.23. The van der Waals surface area contributed by atoms with E-state index in [-0.39, 0.29) is 0 Å². The summed E-state index contributed by atoms with van der Waals surface area (Å²) in [5.74, 6) is 0.